The normalized spacial score (nSPS) is 17.0. The molecule has 10 saturated heterocycles. The van der Waals surface area contributed by atoms with E-state index in [0.29, 0.717) is 76.8 Å². The number of nitrogens with zero attached hydrogens (tertiary/aromatic N) is 1. The van der Waals surface area contributed by atoms with Gasteiger partial charge in [0.25, 0.3) is 5.91 Å². The van der Waals surface area contributed by atoms with Crippen molar-refractivity contribution in [3.05, 3.63) is 83.7 Å². The number of carbonyl (C=O) groups excluding carboxylic acids is 8. The van der Waals surface area contributed by atoms with Gasteiger partial charge < -0.3 is 106 Å². The molecule has 1 aromatic heterocycles. The Kier molecular flexibility index (Phi) is 202. The maximum absolute atomic E-state index is 10.6. The fourth-order valence-corrected chi connectivity index (χ4v) is 10.6. The molecule has 0 atom stereocenters. The molecule has 1 aromatic rings. The van der Waals surface area contributed by atoms with Crippen LogP contribution in [0.3, 0.4) is 0 Å². The van der Waals surface area contributed by atoms with Crippen LogP contribution in [0.1, 0.15) is 323 Å². The van der Waals surface area contributed by atoms with Crippen LogP contribution in [0.15, 0.2) is 83.4 Å². The van der Waals surface area contributed by atoms with E-state index in [0.717, 1.165) is 142 Å². The maximum atomic E-state index is 10.6. The van der Waals surface area contributed by atoms with E-state index < -0.39 is 9.84 Å². The van der Waals surface area contributed by atoms with Crippen molar-refractivity contribution >= 4 is 80.4 Å². The molecule has 8 amide bonds. The van der Waals surface area contributed by atoms with Crippen molar-refractivity contribution in [1.29, 1.82) is 0 Å². The van der Waals surface area contributed by atoms with Gasteiger partial charge in [-0.1, -0.05) is 245 Å². The summed E-state index contributed by atoms with van der Waals surface area (Å²) in [7, 11) is -2.65. The van der Waals surface area contributed by atoms with Crippen molar-refractivity contribution in [3.63, 3.8) is 0 Å². The van der Waals surface area contributed by atoms with Crippen LogP contribution in [-0.4, -0.2) is 277 Å². The lowest BCUT2D eigenvalue weighted by molar-refractivity contribution is -0.122. The van der Waals surface area contributed by atoms with E-state index >= 15 is 0 Å². The van der Waals surface area contributed by atoms with Gasteiger partial charge >= 0.3 is 0 Å². The van der Waals surface area contributed by atoms with E-state index in [1.165, 1.54) is 109 Å². The number of hydrogen-bond acceptors (Lipinski definition) is 28. The molecular formula is C101H224N24O13S2. The van der Waals surface area contributed by atoms with Gasteiger partial charge in [0.2, 0.25) is 41.4 Å². The molecule has 0 spiro atoms. The summed E-state index contributed by atoms with van der Waals surface area (Å²) in [5.74, 6) is 1.42. The molecule has 37 nitrogen and oxygen atoms in total. The highest BCUT2D eigenvalue weighted by atomic mass is 32.2. The first-order valence-corrected chi connectivity index (χ1v) is 55.7. The van der Waals surface area contributed by atoms with E-state index in [9.17, 15) is 51.6 Å². The molecule has 0 bridgehead atoms. The zero-order valence-electron chi connectivity index (χ0n) is 94.5. The average Bonchev–Trinajstić information content (AvgIpc) is 0.955. The summed E-state index contributed by atoms with van der Waals surface area (Å²) < 4.78 is 21.2. The number of hydrogen-bond donors (Lipinski definition) is 24. The number of nitrogens with one attached hydrogen (secondary N) is 23. The molecule has 140 heavy (non-hydrogen) atoms. The van der Waals surface area contributed by atoms with Gasteiger partial charge in [-0.15, -0.1) is 0 Å². The van der Waals surface area contributed by atoms with Crippen molar-refractivity contribution in [3.8, 4) is 0 Å². The lowest BCUT2D eigenvalue weighted by atomic mass is 10.2. The third-order valence-corrected chi connectivity index (χ3v) is 17.3. The lowest BCUT2D eigenvalue weighted by Gasteiger charge is -2.11. The molecule has 39 heteroatoms. The molecule has 0 unspecified atom stereocenters. The third-order valence-electron chi connectivity index (χ3n) is 15.3. The largest absolute Gasteiger partial charge is 0.412 e. The zero-order chi connectivity index (χ0) is 109. The number of hydrazone groups is 1. The summed E-state index contributed by atoms with van der Waals surface area (Å²) in [6, 6.07) is 2.94. The summed E-state index contributed by atoms with van der Waals surface area (Å²) in [6.45, 7) is 84.1. The van der Waals surface area contributed by atoms with Gasteiger partial charge in [0.15, 0.2) is 15.3 Å². The van der Waals surface area contributed by atoms with Gasteiger partial charge in [-0.25, -0.2) is 19.3 Å². The predicted molar refractivity (Wildman–Crippen MR) is 607 cm³/mol. The standard InChI is InChI=1S/C6H11NO.C6H13N.3C5H10N2O.2C5H12N2.C5H7NO.C5H5NO.C5H7NS.C4H8N2O.2C4H6N2O.C4H9NO2S.C3H6N2O.15C2H6.H2O/c8-6-4-2-1-3-5-7-6;1-2-4-6-7-5-3-1;8-5-1-2-6-3-4-7-5;8-5-4-6-2-1-3-7-5;8-5-2-1-3-6-4-7-5;1-2-6-4-5-7-3-1;1-2-4-7-5-6-3-1;3*7-5-1-3-6-4-2-5;7-4-3-5-1-2-6-4;2*7-4-2-1-3-5-6-4;6-8(7)3-1-5-2-4-8;6-3-1-4-2-5-3;15*1-2;/h1-5H2,(H,7,8);7H,1-6H2;3*6H,1-4H2,(H,7,8);2*6-7H,1-5H2;1-7H;1-4H,(H,6,7);1,3,6H,2,4H2;5H,1-3H2,(H,6,7);3H,1-2H2,(H,6,7);1-2,5H,3H2,(H,6,7);5H,1-4H2;4H,1-2H2,(H,5,6);15*1-2H3;1H2. The number of thiocarbonyl (C=S) groups is 1. The van der Waals surface area contributed by atoms with E-state index in [1.807, 2.05) is 220 Å². The van der Waals surface area contributed by atoms with Crippen molar-refractivity contribution in [1.82, 2.24) is 122 Å². The number of dihydropyridines is 1. The minimum atomic E-state index is -2.65. The number of rotatable bonds is 0. The van der Waals surface area contributed by atoms with Crippen LogP contribution in [0.2, 0.25) is 0 Å². The van der Waals surface area contributed by atoms with E-state index in [-0.39, 0.29) is 64.3 Å². The van der Waals surface area contributed by atoms with Gasteiger partial charge in [-0.05, 0) is 160 Å². The summed E-state index contributed by atoms with van der Waals surface area (Å²) >= 11 is 4.88. The zero-order valence-corrected chi connectivity index (χ0v) is 96.2. The molecule has 15 rings (SSSR count). The number of sulfone groups is 1. The highest BCUT2D eigenvalue weighted by molar-refractivity contribution is 7.91. The van der Waals surface area contributed by atoms with Crippen molar-refractivity contribution in [2.45, 2.75) is 329 Å². The molecule has 0 aromatic carbocycles. The second-order valence-corrected chi connectivity index (χ2v) is 27.9. The summed E-state index contributed by atoms with van der Waals surface area (Å²) in [5.41, 5.74) is 7.41. The number of allylic oxidation sites excluding steroid dienone is 1. The monoisotopic (exact) mass is 2050 g/mol. The molecular weight excluding hydrogens is 1820 g/mol. The number of aliphatic hydroxyl groups is 1. The fourth-order valence-electron chi connectivity index (χ4n) is 9.32. The van der Waals surface area contributed by atoms with Crippen LogP contribution >= 0.6 is 12.2 Å². The minimum absolute atomic E-state index is 0. The molecule has 14 aliphatic heterocycles. The number of aromatic nitrogens is 1. The van der Waals surface area contributed by atoms with E-state index in [1.54, 1.807) is 49.2 Å². The number of carbonyl (C=O) groups is 8. The molecule has 838 valence electrons. The lowest BCUT2D eigenvalue weighted by Crippen LogP contribution is -2.44. The van der Waals surface area contributed by atoms with Gasteiger partial charge in [-0.2, -0.15) is 5.10 Å². The van der Waals surface area contributed by atoms with Crippen molar-refractivity contribution in [2.24, 2.45) is 5.10 Å². The fraction of sp³-hybridized carbons (Fsp3) is 0.772. The quantitative estimate of drug-likeness (QED) is 0.107. The molecule has 26 N–H and O–H groups in total. The highest BCUT2D eigenvalue weighted by Gasteiger charge is 2.14. The highest BCUT2D eigenvalue weighted by Crippen LogP contribution is 2.03. The Labute approximate surface area is 862 Å². The number of piperazine rings is 1. The molecule has 0 radical (unpaired) electrons. The number of hydrazine groups is 1. The number of aliphatic hydroxyl groups excluding tert-OH is 1. The van der Waals surface area contributed by atoms with E-state index in [4.69, 9.17) is 17.3 Å². The molecule has 14 aliphatic rings. The van der Waals surface area contributed by atoms with Gasteiger partial charge in [-0.3, -0.25) is 59.2 Å². The Bertz CT molecular complexity index is 2600. The molecule has 0 aliphatic carbocycles. The third kappa shape index (κ3) is 167. The van der Waals surface area contributed by atoms with Gasteiger partial charge in [0, 0.05) is 159 Å². The van der Waals surface area contributed by atoms with Gasteiger partial charge in [0.1, 0.15) is 0 Å². The van der Waals surface area contributed by atoms with Gasteiger partial charge in [0.05, 0.1) is 50.6 Å². The molecule has 15 heterocycles. The van der Waals surface area contributed by atoms with Crippen molar-refractivity contribution < 1.29 is 57.4 Å². The molecule has 10 fully saturated rings. The second kappa shape index (κ2) is 168. The predicted octanol–water partition coefficient (Wildman–Crippen LogP) is 10.2. The SMILES string of the molecule is C1CCCNCC1.C1CCNCNC1.C1CNCCNC1.CC.CC.CC.CC.CC.CC.CC.CC.CC.CC.CC.CC.CC.CC.CC.O.O=C1C=CCNN1.O=C1CCC=NN1.O=C1CCCCCN1.O=C1CCCNCN1.O=C1CCNCCN1.O=C1CNCCCN1.O=C1CNCCN1.O=C1CNCN1.O=S1(=O)CCNCC1.O=c1cc[nH]cc1.OC1C=CNC=C1.S=C1C=CNCC1. The Morgan fingerprint density at radius 3 is 1.09 bits per heavy atom. The van der Waals surface area contributed by atoms with Crippen LogP contribution in [0.4, 0.5) is 0 Å². The van der Waals surface area contributed by atoms with Crippen LogP contribution in [-0.2, 0) is 48.2 Å². The topological polar surface area (TPSA) is 532 Å². The first kappa shape index (κ1) is 169. The smallest absolute Gasteiger partial charge is 0.257 e. The first-order valence-electron chi connectivity index (χ1n) is 53.5. The first-order chi connectivity index (χ1) is 68.0. The summed E-state index contributed by atoms with van der Waals surface area (Å²) in [5, 5.41) is 68.5. The Morgan fingerprint density at radius 2 is 0.707 bits per heavy atom. The van der Waals surface area contributed by atoms with Crippen LogP contribution < -0.4 is 123 Å². The number of amides is 8. The summed E-state index contributed by atoms with van der Waals surface area (Å²) in [4.78, 5) is 97.0. The van der Waals surface area contributed by atoms with Crippen LogP contribution in [0.25, 0.3) is 0 Å². The Balaban J connectivity index is -0.0000000824. The Morgan fingerprint density at radius 1 is 0.336 bits per heavy atom. The second-order valence-electron chi connectivity index (χ2n) is 25.1. The van der Waals surface area contributed by atoms with Crippen LogP contribution in [0.5, 0.6) is 0 Å². The number of H-pyrrole nitrogens is 1. The van der Waals surface area contributed by atoms with E-state index in [2.05, 4.69) is 127 Å². The average molecular weight is 2050 g/mol. The van der Waals surface area contributed by atoms with Crippen LogP contribution in [0, 0.1) is 0 Å². The Hall–Kier alpha value is -7.58. The molecule has 0 saturated carbocycles. The maximum Gasteiger partial charge on any atom is 0.257 e. The number of aromatic amines is 1. The summed E-state index contributed by atoms with van der Waals surface area (Å²) in [6.07, 6.45) is 37.8. The number of pyridine rings is 1. The minimum Gasteiger partial charge on any atom is -0.412 e. The van der Waals surface area contributed by atoms with Crippen molar-refractivity contribution in [2.75, 3.05) is 189 Å².